The van der Waals surface area contributed by atoms with E-state index in [0.29, 0.717) is 24.1 Å². The highest BCUT2D eigenvalue weighted by atomic mass is 79.9. The van der Waals surface area contributed by atoms with Crippen molar-refractivity contribution in [3.8, 4) is 5.75 Å². The molecule has 2 amide bonds. The fraction of sp³-hybridized carbons (Fsp3) is 0.271. The van der Waals surface area contributed by atoms with Crippen LogP contribution < -0.4 is 15.3 Å². The van der Waals surface area contributed by atoms with Crippen LogP contribution in [-0.4, -0.2) is 60.0 Å². The zero-order valence-electron chi connectivity index (χ0n) is 34.7. The number of phenols is 1. The highest BCUT2D eigenvalue weighted by molar-refractivity contribution is 9.10. The van der Waals surface area contributed by atoms with Gasteiger partial charge in [-0.05, 0) is 106 Å². The van der Waals surface area contributed by atoms with Crippen LogP contribution in [0.3, 0.4) is 0 Å². The van der Waals surface area contributed by atoms with Gasteiger partial charge in [0.25, 0.3) is 14.0 Å². The Hall–Kier alpha value is -5.51. The van der Waals surface area contributed by atoms with Crippen LogP contribution in [0, 0.1) is 27.9 Å². The van der Waals surface area contributed by atoms with Gasteiger partial charge in [-0.1, -0.05) is 109 Å². The van der Waals surface area contributed by atoms with Crippen molar-refractivity contribution in [2.45, 2.75) is 57.5 Å². The zero-order chi connectivity index (χ0) is 43.8. The number of carbonyl (C=O) groups is 2. The number of halogens is 1. The average Bonchev–Trinajstić information content (AvgIpc) is 3.52. The average molecular weight is 913 g/mol. The Bertz CT molecular complexity index is 2510. The number of phenolic OH excluding ortho intramolecular Hbond substituents is 1. The monoisotopic (exact) mass is 911 g/mol. The van der Waals surface area contributed by atoms with Crippen LogP contribution in [0.4, 0.5) is 11.4 Å². The molecule has 14 heteroatoms. The normalized spacial score (nSPS) is 20.6. The largest absolute Gasteiger partial charge is 0.507 e. The molecule has 0 bridgehead atoms. The standard InChI is InChI=1S/C48H47BBrN3O8Si/c1-48(2,3)62(37-15-6-4-7-16-37,38-17-8-5-9-18-38)60-30-33-27-39-45(47(56)52(46(39)55)35-13-12-14-36(28-35)53(58)59)40-29-49(57)61-43(44(33)40)23-20-31(41-19-10-11-24-51-41)25-32-26-34(50)21-22-42(32)54/h4-19,21-22,24-26,28,39-40,43,45,54,57H,20,23,27,29-30H2,1-3H3/b31-25-/t39-,40+,43-,45-/m1/s1. The zero-order valence-corrected chi connectivity index (χ0v) is 37.3. The highest BCUT2D eigenvalue weighted by Gasteiger charge is 2.58. The number of aromatic hydroxyl groups is 1. The van der Waals surface area contributed by atoms with Crippen molar-refractivity contribution in [3.63, 3.8) is 0 Å². The smallest absolute Gasteiger partial charge is 0.455 e. The number of nitrogens with zero attached hydrogens (tertiary/aromatic N) is 3. The molecule has 4 aromatic carbocycles. The van der Waals surface area contributed by atoms with Crippen molar-refractivity contribution in [1.82, 2.24) is 4.98 Å². The maximum atomic E-state index is 14.7. The van der Waals surface area contributed by atoms with Gasteiger partial charge in [0.15, 0.2) is 0 Å². The number of allylic oxidation sites excluding steroid dienone is 1. The number of hydrogen-bond acceptors (Lipinski definition) is 9. The number of hydrogen-bond donors (Lipinski definition) is 2. The molecule has 8 rings (SSSR count). The van der Waals surface area contributed by atoms with E-state index in [-0.39, 0.29) is 41.5 Å². The molecule has 2 aliphatic heterocycles. The van der Waals surface area contributed by atoms with E-state index in [2.05, 4.69) is 66.0 Å². The Morgan fingerprint density at radius 3 is 2.29 bits per heavy atom. The topological polar surface area (TPSA) is 152 Å². The lowest BCUT2D eigenvalue weighted by molar-refractivity contribution is -0.384. The first-order chi connectivity index (χ1) is 29.8. The summed E-state index contributed by atoms with van der Waals surface area (Å²) in [6.45, 7) is 6.74. The van der Waals surface area contributed by atoms with E-state index < -0.39 is 56.0 Å². The maximum absolute atomic E-state index is 14.7. The van der Waals surface area contributed by atoms with Crippen LogP contribution in [0.5, 0.6) is 5.75 Å². The molecule has 316 valence electrons. The molecule has 11 nitrogen and oxygen atoms in total. The van der Waals surface area contributed by atoms with Gasteiger partial charge in [-0.2, -0.15) is 0 Å². The van der Waals surface area contributed by atoms with Gasteiger partial charge in [-0.25, -0.2) is 4.90 Å². The number of nitro groups is 1. The fourth-order valence-corrected chi connectivity index (χ4v) is 14.7. The molecular formula is C48H47BBrN3O8Si. The lowest BCUT2D eigenvalue weighted by atomic mass is 9.58. The van der Waals surface area contributed by atoms with Crippen LogP contribution in [-0.2, 0) is 18.7 Å². The number of pyridine rings is 1. The molecule has 2 saturated heterocycles. The number of aromatic nitrogens is 1. The molecule has 1 aliphatic carbocycles. The van der Waals surface area contributed by atoms with Gasteiger partial charge < -0.3 is 19.2 Å². The van der Waals surface area contributed by atoms with Gasteiger partial charge in [0.05, 0.1) is 40.9 Å². The van der Waals surface area contributed by atoms with E-state index in [1.807, 2.05) is 66.7 Å². The number of imide groups is 1. The van der Waals surface area contributed by atoms with E-state index in [0.717, 1.165) is 36.5 Å². The predicted molar refractivity (Wildman–Crippen MR) is 246 cm³/mol. The first-order valence-corrected chi connectivity index (χ1v) is 23.5. The number of carbonyl (C=O) groups excluding carboxylic acids is 2. The molecule has 2 N–H and O–H groups in total. The summed E-state index contributed by atoms with van der Waals surface area (Å²) in [5, 5.41) is 35.9. The molecule has 5 aromatic rings. The van der Waals surface area contributed by atoms with Crippen molar-refractivity contribution < 1.29 is 33.7 Å². The predicted octanol–water partition coefficient (Wildman–Crippen LogP) is 8.36. The van der Waals surface area contributed by atoms with Gasteiger partial charge >= 0.3 is 7.12 Å². The summed E-state index contributed by atoms with van der Waals surface area (Å²) in [4.78, 5) is 46.2. The third-order valence-electron chi connectivity index (χ3n) is 12.5. The lowest BCUT2D eigenvalue weighted by Crippen LogP contribution is -2.66. The second kappa shape index (κ2) is 17.7. The second-order valence-electron chi connectivity index (χ2n) is 17.2. The van der Waals surface area contributed by atoms with E-state index in [9.17, 15) is 29.8 Å². The number of nitro benzene ring substituents is 1. The molecule has 62 heavy (non-hydrogen) atoms. The van der Waals surface area contributed by atoms with Gasteiger partial charge in [-0.3, -0.25) is 24.7 Å². The van der Waals surface area contributed by atoms with Crippen molar-refractivity contribution in [2.24, 2.45) is 17.8 Å². The minimum atomic E-state index is -3.10. The molecule has 0 spiro atoms. The molecule has 0 saturated carbocycles. The Labute approximate surface area is 370 Å². The lowest BCUT2D eigenvalue weighted by Gasteiger charge is -2.46. The molecule has 2 fully saturated rings. The van der Waals surface area contributed by atoms with Crippen LogP contribution in [0.25, 0.3) is 11.6 Å². The summed E-state index contributed by atoms with van der Waals surface area (Å²) in [6.07, 6.45) is 3.99. The molecule has 4 atom stereocenters. The summed E-state index contributed by atoms with van der Waals surface area (Å²) in [7, 11) is -4.34. The second-order valence-corrected chi connectivity index (χ2v) is 22.4. The van der Waals surface area contributed by atoms with Gasteiger partial charge in [0.2, 0.25) is 11.8 Å². The molecule has 0 radical (unpaired) electrons. The third kappa shape index (κ3) is 8.25. The summed E-state index contributed by atoms with van der Waals surface area (Å²) < 4.78 is 14.8. The molecule has 3 heterocycles. The van der Waals surface area contributed by atoms with Crippen LogP contribution in [0.1, 0.15) is 51.3 Å². The van der Waals surface area contributed by atoms with E-state index in [1.54, 1.807) is 18.3 Å². The quantitative estimate of drug-likeness (QED) is 0.0414. The minimum absolute atomic E-state index is 0.0758. The van der Waals surface area contributed by atoms with E-state index >= 15 is 0 Å². The van der Waals surface area contributed by atoms with E-state index in [1.165, 1.54) is 24.3 Å². The third-order valence-corrected chi connectivity index (χ3v) is 18.0. The van der Waals surface area contributed by atoms with Crippen molar-refractivity contribution in [3.05, 3.63) is 165 Å². The fourth-order valence-electron chi connectivity index (χ4n) is 9.80. The maximum Gasteiger partial charge on any atom is 0.455 e. The van der Waals surface area contributed by atoms with Crippen molar-refractivity contribution in [2.75, 3.05) is 11.5 Å². The SMILES string of the molecule is CC(C)(C)[Si](OCC1=C2[C@@H](CC/C(=C/c3cc(Br)ccc3O)c3ccccn3)OB(O)C[C@@H]2[C@@H]2C(=O)N(c3cccc([N+](=O)[O-])c3)C(=O)[C@@H]2C1)(c1ccccc1)c1ccccc1. The van der Waals surface area contributed by atoms with Crippen LogP contribution >= 0.6 is 15.9 Å². The Balaban J connectivity index is 1.24. The van der Waals surface area contributed by atoms with Gasteiger partial charge in [0, 0.05) is 28.4 Å². The first kappa shape index (κ1) is 43.2. The van der Waals surface area contributed by atoms with Gasteiger partial charge in [0.1, 0.15) is 5.75 Å². The Morgan fingerprint density at radius 2 is 1.65 bits per heavy atom. The number of amides is 2. The summed E-state index contributed by atoms with van der Waals surface area (Å²) >= 11 is 3.52. The van der Waals surface area contributed by atoms with Crippen molar-refractivity contribution >= 4 is 76.6 Å². The summed E-state index contributed by atoms with van der Waals surface area (Å²) in [5.74, 6) is -3.00. The number of non-ortho nitro benzene ring substituents is 1. The number of benzene rings is 4. The Morgan fingerprint density at radius 1 is 0.952 bits per heavy atom. The summed E-state index contributed by atoms with van der Waals surface area (Å²) in [6, 6.07) is 37.0. The first-order valence-electron chi connectivity index (χ1n) is 20.8. The number of rotatable bonds is 12. The van der Waals surface area contributed by atoms with Crippen LogP contribution in [0.2, 0.25) is 11.4 Å². The Kier molecular flexibility index (Phi) is 12.3. The number of anilines is 1. The van der Waals surface area contributed by atoms with E-state index in [4.69, 9.17) is 9.08 Å². The molecule has 1 aromatic heterocycles. The summed E-state index contributed by atoms with van der Waals surface area (Å²) in [5.41, 5.74) is 3.71. The molecule has 0 unspecified atom stereocenters. The highest BCUT2D eigenvalue weighted by Crippen LogP contribution is 2.52. The molecule has 3 aliphatic rings. The van der Waals surface area contributed by atoms with Crippen molar-refractivity contribution in [1.29, 1.82) is 0 Å². The van der Waals surface area contributed by atoms with Crippen LogP contribution in [0.15, 0.2) is 143 Å². The minimum Gasteiger partial charge on any atom is -0.507 e. The number of fused-ring (bicyclic) bond motifs is 3. The molecular weight excluding hydrogens is 865 g/mol. The van der Waals surface area contributed by atoms with Gasteiger partial charge in [-0.15, -0.1) is 0 Å².